The summed E-state index contributed by atoms with van der Waals surface area (Å²) in [6.45, 7) is 1.56. The Labute approximate surface area is 192 Å². The Morgan fingerprint density at radius 3 is 2.87 bits per heavy atom. The highest BCUT2D eigenvalue weighted by atomic mass is 35.5. The van der Waals surface area contributed by atoms with E-state index in [1.54, 1.807) is 10.9 Å². The number of aliphatic hydroxyl groups excluding tert-OH is 1. The lowest BCUT2D eigenvalue weighted by Crippen LogP contribution is -2.44. The lowest BCUT2D eigenvalue weighted by Gasteiger charge is -2.29. The summed E-state index contributed by atoms with van der Waals surface area (Å²) in [5.41, 5.74) is 3.67. The van der Waals surface area contributed by atoms with Crippen LogP contribution in [-0.2, 0) is 13.1 Å². The second kappa shape index (κ2) is 11.3. The number of hydrogen-bond acceptors (Lipinski definition) is 4. The van der Waals surface area contributed by atoms with Gasteiger partial charge in [0.15, 0.2) is 0 Å². The molecule has 10 heteroatoms. The predicted molar refractivity (Wildman–Crippen MR) is 123 cm³/mol. The van der Waals surface area contributed by atoms with Gasteiger partial charge in [0.1, 0.15) is 6.67 Å². The molecule has 6 nitrogen and oxygen atoms in total. The number of alkyl halides is 1. The molecule has 3 aromatic rings. The molecule has 1 fully saturated rings. The van der Waals surface area contributed by atoms with Crippen molar-refractivity contribution in [1.29, 1.82) is 0 Å². The average molecular weight is 479 g/mol. The van der Waals surface area contributed by atoms with E-state index in [2.05, 4.69) is 20.0 Å². The number of imidazole rings is 1. The van der Waals surface area contributed by atoms with Gasteiger partial charge >= 0.3 is 0 Å². The van der Waals surface area contributed by atoms with E-state index in [9.17, 15) is 9.50 Å². The number of aryl methyl sites for hydroxylation is 2. The Morgan fingerprint density at radius 1 is 1.27 bits per heavy atom. The van der Waals surface area contributed by atoms with Crippen LogP contribution in [0.15, 0.2) is 30.9 Å². The zero-order chi connectivity index (χ0) is 19.5. The minimum atomic E-state index is -0.453. The maximum absolute atomic E-state index is 12.6. The maximum atomic E-state index is 12.6. The molecule has 0 saturated carbocycles. The van der Waals surface area contributed by atoms with Crippen LogP contribution < -0.4 is 5.32 Å². The quantitative estimate of drug-likeness (QED) is 0.532. The molecule has 0 spiro atoms. The highest BCUT2D eigenvalue weighted by molar-refractivity contribution is 6.31. The fourth-order valence-electron chi connectivity index (χ4n) is 3.99. The SMILES string of the molecule is Cl.Cl.O[C@H]1CCCN[C@@H]1CCCn1cnc2cc(Cl)cc(-c3cnn(CCF)c3)c21. The lowest BCUT2D eigenvalue weighted by atomic mass is 9.97. The summed E-state index contributed by atoms with van der Waals surface area (Å²) in [4.78, 5) is 4.52. The molecular weight excluding hydrogens is 452 g/mol. The van der Waals surface area contributed by atoms with Crippen molar-refractivity contribution in [1.82, 2.24) is 24.6 Å². The average Bonchev–Trinajstić information content (AvgIpc) is 3.30. The second-order valence-corrected chi connectivity index (χ2v) is 7.79. The van der Waals surface area contributed by atoms with Crippen LogP contribution in [0, 0.1) is 0 Å². The van der Waals surface area contributed by atoms with Gasteiger partial charge in [0.25, 0.3) is 0 Å². The normalized spacial score (nSPS) is 18.8. The summed E-state index contributed by atoms with van der Waals surface area (Å²) in [5, 5.41) is 18.4. The number of aromatic nitrogens is 4. The van der Waals surface area contributed by atoms with Crippen LogP contribution >= 0.6 is 36.4 Å². The number of rotatable bonds is 7. The summed E-state index contributed by atoms with van der Waals surface area (Å²) in [6.07, 6.45) is 8.90. The molecule has 0 unspecified atom stereocenters. The third-order valence-electron chi connectivity index (χ3n) is 5.40. The summed E-state index contributed by atoms with van der Waals surface area (Å²) < 4.78 is 16.3. The fraction of sp³-hybridized carbons (Fsp3) is 0.500. The predicted octanol–water partition coefficient (Wildman–Crippen LogP) is 4.26. The van der Waals surface area contributed by atoms with Gasteiger partial charge in [-0.15, -0.1) is 24.8 Å². The Hall–Kier alpha value is -1.38. The van der Waals surface area contributed by atoms with E-state index in [1.807, 2.05) is 24.7 Å². The van der Waals surface area contributed by atoms with E-state index in [0.29, 0.717) is 5.02 Å². The van der Waals surface area contributed by atoms with Crippen LogP contribution in [0.2, 0.25) is 5.02 Å². The van der Waals surface area contributed by atoms with Crippen LogP contribution in [0.1, 0.15) is 25.7 Å². The molecule has 3 heterocycles. The minimum absolute atomic E-state index is 0. The molecule has 2 aromatic heterocycles. The van der Waals surface area contributed by atoms with Crippen molar-refractivity contribution in [3.05, 3.63) is 35.9 Å². The number of halogens is 4. The highest BCUT2D eigenvalue weighted by Gasteiger charge is 2.22. The van der Waals surface area contributed by atoms with Crippen molar-refractivity contribution >= 4 is 47.4 Å². The molecule has 166 valence electrons. The van der Waals surface area contributed by atoms with Gasteiger partial charge in [-0.3, -0.25) is 4.68 Å². The smallest absolute Gasteiger partial charge is 0.109 e. The molecule has 0 amide bonds. The third-order valence-corrected chi connectivity index (χ3v) is 5.62. The summed E-state index contributed by atoms with van der Waals surface area (Å²) in [5.74, 6) is 0. The van der Waals surface area contributed by atoms with E-state index < -0.39 is 6.67 Å². The van der Waals surface area contributed by atoms with Crippen molar-refractivity contribution < 1.29 is 9.50 Å². The number of benzene rings is 1. The van der Waals surface area contributed by atoms with Crippen LogP contribution in [-0.4, -0.2) is 49.8 Å². The molecule has 0 radical (unpaired) electrons. The molecule has 30 heavy (non-hydrogen) atoms. The van der Waals surface area contributed by atoms with Gasteiger partial charge in [-0.2, -0.15) is 5.10 Å². The second-order valence-electron chi connectivity index (χ2n) is 7.35. The van der Waals surface area contributed by atoms with Crippen molar-refractivity contribution in [2.24, 2.45) is 0 Å². The number of aliphatic hydroxyl groups is 1. The van der Waals surface area contributed by atoms with E-state index in [0.717, 1.165) is 60.9 Å². The standard InChI is InChI=1S/C20H25ClFN5O.2ClH/c21-15-9-16(14-11-25-27(12-14)8-5-22)20-18(10-15)24-13-26(20)7-2-3-17-19(28)4-1-6-23-17;;/h9-13,17,19,23,28H,1-8H2;2*1H/t17-,19+;;/m1../s1. The van der Waals surface area contributed by atoms with Crippen molar-refractivity contribution in [3.63, 3.8) is 0 Å². The molecule has 1 aromatic carbocycles. The van der Waals surface area contributed by atoms with Crippen molar-refractivity contribution in [3.8, 4) is 11.1 Å². The molecule has 0 bridgehead atoms. The van der Waals surface area contributed by atoms with Crippen molar-refractivity contribution in [2.45, 2.75) is 50.9 Å². The van der Waals surface area contributed by atoms with Gasteiger partial charge in [-0.1, -0.05) is 11.6 Å². The van der Waals surface area contributed by atoms with Gasteiger partial charge < -0.3 is 15.0 Å². The molecule has 2 atom stereocenters. The van der Waals surface area contributed by atoms with Crippen LogP contribution in [0.25, 0.3) is 22.2 Å². The van der Waals surface area contributed by atoms with Crippen LogP contribution in [0.3, 0.4) is 0 Å². The third kappa shape index (κ3) is 5.45. The highest BCUT2D eigenvalue weighted by Crippen LogP contribution is 2.32. The first-order chi connectivity index (χ1) is 13.7. The largest absolute Gasteiger partial charge is 0.392 e. The molecule has 1 aliphatic heterocycles. The first-order valence-electron chi connectivity index (χ1n) is 9.80. The Balaban J connectivity index is 0.00000160. The van der Waals surface area contributed by atoms with E-state index in [4.69, 9.17) is 11.6 Å². The maximum Gasteiger partial charge on any atom is 0.109 e. The number of hydrogen-bond donors (Lipinski definition) is 2. The number of fused-ring (bicyclic) bond motifs is 1. The molecule has 1 aliphatic rings. The molecular formula is C20H27Cl3FN5O. The molecule has 0 aliphatic carbocycles. The summed E-state index contributed by atoms with van der Waals surface area (Å²) >= 11 is 6.30. The van der Waals surface area contributed by atoms with Gasteiger partial charge in [-0.05, 0) is 44.4 Å². The minimum Gasteiger partial charge on any atom is -0.392 e. The number of nitrogens with zero attached hydrogens (tertiary/aromatic N) is 4. The number of piperidine rings is 1. The molecule has 4 rings (SSSR count). The van der Waals surface area contributed by atoms with Crippen LogP contribution in [0.4, 0.5) is 4.39 Å². The van der Waals surface area contributed by atoms with E-state index in [1.165, 1.54) is 0 Å². The molecule has 2 N–H and O–H groups in total. The van der Waals surface area contributed by atoms with Gasteiger partial charge in [0.2, 0.25) is 0 Å². The Bertz CT molecular complexity index is 948. The van der Waals surface area contributed by atoms with E-state index >= 15 is 0 Å². The number of nitrogens with one attached hydrogen (secondary N) is 1. The lowest BCUT2D eigenvalue weighted by molar-refractivity contribution is 0.0909. The van der Waals surface area contributed by atoms with Gasteiger partial charge in [0, 0.05) is 34.9 Å². The first-order valence-corrected chi connectivity index (χ1v) is 10.2. The zero-order valence-electron chi connectivity index (χ0n) is 16.5. The van der Waals surface area contributed by atoms with Crippen LogP contribution in [0.5, 0.6) is 0 Å². The topological polar surface area (TPSA) is 67.9 Å². The summed E-state index contributed by atoms with van der Waals surface area (Å²) in [6, 6.07) is 3.93. The first kappa shape index (κ1) is 24.9. The van der Waals surface area contributed by atoms with Crippen molar-refractivity contribution in [2.75, 3.05) is 13.2 Å². The van der Waals surface area contributed by atoms with Gasteiger partial charge in [0.05, 0.1) is 36.2 Å². The summed E-state index contributed by atoms with van der Waals surface area (Å²) in [7, 11) is 0. The fourth-order valence-corrected chi connectivity index (χ4v) is 4.20. The molecule has 1 saturated heterocycles. The Morgan fingerprint density at radius 2 is 2.10 bits per heavy atom. The monoisotopic (exact) mass is 477 g/mol. The Kier molecular flexibility index (Phi) is 9.37. The van der Waals surface area contributed by atoms with Gasteiger partial charge in [-0.25, -0.2) is 9.37 Å². The zero-order valence-corrected chi connectivity index (χ0v) is 18.9. The van der Waals surface area contributed by atoms with E-state index in [-0.39, 0.29) is 43.5 Å².